The second-order valence-corrected chi connectivity index (χ2v) is 2.51. The summed E-state index contributed by atoms with van der Waals surface area (Å²) in [7, 11) is 0. The molecule has 0 bridgehead atoms. The van der Waals surface area contributed by atoms with Crippen molar-refractivity contribution in [2.45, 2.75) is 40.2 Å². The third-order valence-corrected chi connectivity index (χ3v) is 1.89. The summed E-state index contributed by atoms with van der Waals surface area (Å²) < 4.78 is 1.97. The maximum atomic E-state index is 4.09. The maximum absolute atomic E-state index is 4.09. The normalized spacial score (nSPS) is 10.5. The summed E-state index contributed by atoms with van der Waals surface area (Å²) in [5, 5.41) is 8.13. The van der Waals surface area contributed by atoms with Crippen molar-refractivity contribution in [1.82, 2.24) is 15.0 Å². The van der Waals surface area contributed by atoms with Crippen LogP contribution in [0.15, 0.2) is 0 Å². The second kappa shape index (κ2) is 3.51. The Bertz CT molecular complexity index is 206. The van der Waals surface area contributed by atoms with Gasteiger partial charge in [0.2, 0.25) is 0 Å². The third-order valence-electron chi connectivity index (χ3n) is 1.89. The average molecular weight is 153 g/mol. The Balaban J connectivity index is 2.99. The smallest absolute Gasteiger partial charge is 0.0856 e. The van der Waals surface area contributed by atoms with E-state index in [9.17, 15) is 0 Å². The molecule has 0 aliphatic rings. The summed E-state index contributed by atoms with van der Waals surface area (Å²) in [6, 6.07) is 0. The Morgan fingerprint density at radius 3 is 2.36 bits per heavy atom. The van der Waals surface area contributed by atoms with Crippen molar-refractivity contribution in [2.24, 2.45) is 0 Å². The van der Waals surface area contributed by atoms with Crippen molar-refractivity contribution in [3.8, 4) is 0 Å². The summed E-state index contributed by atoms with van der Waals surface area (Å²) in [5.74, 6) is 0. The van der Waals surface area contributed by atoms with Crippen LogP contribution in [-0.4, -0.2) is 15.0 Å². The first kappa shape index (κ1) is 8.24. The van der Waals surface area contributed by atoms with Gasteiger partial charge in [-0.2, -0.15) is 0 Å². The van der Waals surface area contributed by atoms with Gasteiger partial charge in [-0.3, -0.25) is 0 Å². The van der Waals surface area contributed by atoms with E-state index >= 15 is 0 Å². The molecule has 0 aromatic carbocycles. The Hall–Kier alpha value is -0.860. The van der Waals surface area contributed by atoms with Crippen LogP contribution in [0.25, 0.3) is 0 Å². The average Bonchev–Trinajstić information content (AvgIpc) is 2.45. The fraction of sp³-hybridized carbons (Fsp3) is 0.750. The molecule has 1 aromatic rings. The van der Waals surface area contributed by atoms with Crippen molar-refractivity contribution < 1.29 is 0 Å². The molecule has 0 atom stereocenters. The van der Waals surface area contributed by atoms with Crippen molar-refractivity contribution in [3.63, 3.8) is 0 Å². The van der Waals surface area contributed by atoms with Crippen LogP contribution >= 0.6 is 0 Å². The van der Waals surface area contributed by atoms with Gasteiger partial charge in [-0.1, -0.05) is 19.1 Å². The van der Waals surface area contributed by atoms with Gasteiger partial charge in [0.25, 0.3) is 0 Å². The molecule has 1 heterocycles. The lowest BCUT2D eigenvalue weighted by molar-refractivity contribution is 0.601. The highest BCUT2D eigenvalue weighted by molar-refractivity contribution is 5.09. The summed E-state index contributed by atoms with van der Waals surface area (Å²) in [4.78, 5) is 0. The van der Waals surface area contributed by atoms with Crippen LogP contribution in [-0.2, 0) is 19.4 Å². The van der Waals surface area contributed by atoms with Crippen LogP contribution in [0.4, 0.5) is 0 Å². The molecule has 0 spiro atoms. The molecule has 0 saturated carbocycles. The summed E-state index contributed by atoms with van der Waals surface area (Å²) in [5.41, 5.74) is 2.43. The van der Waals surface area contributed by atoms with Crippen LogP contribution in [0.2, 0.25) is 0 Å². The topological polar surface area (TPSA) is 30.7 Å². The van der Waals surface area contributed by atoms with Crippen LogP contribution in [0.3, 0.4) is 0 Å². The van der Waals surface area contributed by atoms with Crippen LogP contribution in [0.1, 0.15) is 32.2 Å². The van der Waals surface area contributed by atoms with Gasteiger partial charge in [-0.25, -0.2) is 4.68 Å². The summed E-state index contributed by atoms with van der Waals surface area (Å²) >= 11 is 0. The van der Waals surface area contributed by atoms with E-state index in [2.05, 4.69) is 31.1 Å². The molecule has 1 aromatic heterocycles. The maximum Gasteiger partial charge on any atom is 0.0856 e. The van der Waals surface area contributed by atoms with Gasteiger partial charge in [0.15, 0.2) is 0 Å². The highest BCUT2D eigenvalue weighted by atomic mass is 15.4. The lowest BCUT2D eigenvalue weighted by atomic mass is 10.2. The van der Waals surface area contributed by atoms with E-state index in [1.165, 1.54) is 5.69 Å². The van der Waals surface area contributed by atoms with E-state index < -0.39 is 0 Å². The summed E-state index contributed by atoms with van der Waals surface area (Å²) in [6.45, 7) is 7.27. The number of hydrogen-bond acceptors (Lipinski definition) is 2. The van der Waals surface area contributed by atoms with Crippen molar-refractivity contribution in [1.29, 1.82) is 0 Å². The minimum Gasteiger partial charge on any atom is -0.249 e. The van der Waals surface area contributed by atoms with E-state index in [1.807, 2.05) is 4.68 Å². The zero-order valence-electron chi connectivity index (χ0n) is 7.46. The summed E-state index contributed by atoms with van der Waals surface area (Å²) in [6.07, 6.45) is 2.02. The zero-order valence-corrected chi connectivity index (χ0v) is 7.46. The Morgan fingerprint density at radius 2 is 1.91 bits per heavy atom. The Kier molecular flexibility index (Phi) is 2.63. The largest absolute Gasteiger partial charge is 0.249 e. The predicted molar refractivity (Wildman–Crippen MR) is 44.5 cm³/mol. The van der Waals surface area contributed by atoms with Crippen molar-refractivity contribution >= 4 is 0 Å². The number of aryl methyl sites for hydroxylation is 2. The zero-order chi connectivity index (χ0) is 8.27. The fourth-order valence-corrected chi connectivity index (χ4v) is 1.28. The molecule has 0 amide bonds. The van der Waals surface area contributed by atoms with Crippen molar-refractivity contribution in [2.75, 3.05) is 0 Å². The minimum atomic E-state index is 0.927. The first-order valence-corrected chi connectivity index (χ1v) is 4.24. The Labute approximate surface area is 67.4 Å². The predicted octanol–water partition coefficient (Wildman–Crippen LogP) is 1.42. The third kappa shape index (κ3) is 1.42. The van der Waals surface area contributed by atoms with E-state index in [0.29, 0.717) is 0 Å². The molecule has 0 aliphatic heterocycles. The molecule has 3 heteroatoms. The van der Waals surface area contributed by atoms with E-state index in [4.69, 9.17) is 0 Å². The highest BCUT2D eigenvalue weighted by Crippen LogP contribution is 2.06. The molecular formula is C8H15N3. The Morgan fingerprint density at radius 1 is 1.18 bits per heavy atom. The first-order chi connectivity index (χ1) is 5.33. The quantitative estimate of drug-likeness (QED) is 0.657. The molecule has 0 aliphatic carbocycles. The number of rotatable bonds is 3. The van der Waals surface area contributed by atoms with Crippen LogP contribution in [0, 0.1) is 0 Å². The number of aromatic nitrogens is 3. The van der Waals surface area contributed by atoms with Gasteiger partial charge in [-0.05, 0) is 19.8 Å². The van der Waals surface area contributed by atoms with Gasteiger partial charge in [0.05, 0.1) is 11.4 Å². The lowest BCUT2D eigenvalue weighted by Gasteiger charge is -2.00. The van der Waals surface area contributed by atoms with Gasteiger partial charge in [0, 0.05) is 6.54 Å². The molecule has 11 heavy (non-hydrogen) atoms. The van der Waals surface area contributed by atoms with Gasteiger partial charge in [-0.15, -0.1) is 5.10 Å². The monoisotopic (exact) mass is 153 g/mol. The number of nitrogens with zero attached hydrogens (tertiary/aromatic N) is 3. The number of hydrogen-bond donors (Lipinski definition) is 0. The molecule has 1 rings (SSSR count). The molecule has 0 N–H and O–H groups in total. The fourth-order valence-electron chi connectivity index (χ4n) is 1.28. The van der Waals surface area contributed by atoms with Crippen molar-refractivity contribution in [3.05, 3.63) is 11.4 Å². The van der Waals surface area contributed by atoms with Gasteiger partial charge < -0.3 is 0 Å². The van der Waals surface area contributed by atoms with Gasteiger partial charge in [0.1, 0.15) is 0 Å². The van der Waals surface area contributed by atoms with E-state index in [1.54, 1.807) is 0 Å². The lowest BCUT2D eigenvalue weighted by Crippen LogP contribution is -2.02. The van der Waals surface area contributed by atoms with Gasteiger partial charge >= 0.3 is 0 Å². The molecular weight excluding hydrogens is 138 g/mol. The minimum absolute atomic E-state index is 0.927. The molecule has 62 valence electrons. The molecule has 0 unspecified atom stereocenters. The van der Waals surface area contributed by atoms with Crippen LogP contribution in [0.5, 0.6) is 0 Å². The molecule has 0 radical (unpaired) electrons. The molecule has 0 fully saturated rings. The highest BCUT2D eigenvalue weighted by Gasteiger charge is 2.06. The SMILES string of the molecule is CCc1nnn(CC)c1CC. The first-order valence-electron chi connectivity index (χ1n) is 4.24. The van der Waals surface area contributed by atoms with Crippen LogP contribution < -0.4 is 0 Å². The standard InChI is InChI=1S/C8H15N3/c1-4-7-8(5-2)11(6-3)10-9-7/h4-6H2,1-3H3. The molecule has 3 nitrogen and oxygen atoms in total. The van der Waals surface area contributed by atoms with E-state index in [0.717, 1.165) is 25.1 Å². The molecule has 0 saturated heterocycles. The van der Waals surface area contributed by atoms with E-state index in [-0.39, 0.29) is 0 Å². The second-order valence-electron chi connectivity index (χ2n) is 2.51.